The molecule has 7 nitrogen and oxygen atoms in total. The molecule has 0 unspecified atom stereocenters. The summed E-state index contributed by atoms with van der Waals surface area (Å²) in [6.45, 7) is 1.15. The van der Waals surface area contributed by atoms with Crippen molar-refractivity contribution in [3.63, 3.8) is 0 Å². The number of hydrogen-bond acceptors (Lipinski definition) is 3. The summed E-state index contributed by atoms with van der Waals surface area (Å²) in [4.78, 5) is 39.7. The average Bonchev–Trinajstić information content (AvgIpc) is 3.18. The number of urea groups is 2. The molecule has 1 spiro atoms. The van der Waals surface area contributed by atoms with Gasteiger partial charge >= 0.3 is 12.1 Å². The van der Waals surface area contributed by atoms with E-state index in [2.05, 4.69) is 10.6 Å². The minimum Gasteiger partial charge on any atom is -0.338 e. The van der Waals surface area contributed by atoms with E-state index in [1.807, 2.05) is 18.2 Å². The molecule has 1 saturated carbocycles. The number of hydrogen-bond donors (Lipinski definition) is 2. The molecule has 1 aromatic carbocycles. The van der Waals surface area contributed by atoms with Crippen LogP contribution in [-0.2, 0) is 11.3 Å². The van der Waals surface area contributed by atoms with Crippen LogP contribution >= 0.6 is 11.6 Å². The molecule has 2 fully saturated rings. The summed E-state index contributed by atoms with van der Waals surface area (Å²) in [5.41, 5.74) is 0.277. The first-order valence-electron chi connectivity index (χ1n) is 9.29. The molecule has 0 radical (unpaired) electrons. The Morgan fingerprint density at radius 1 is 1.33 bits per heavy atom. The van der Waals surface area contributed by atoms with E-state index in [1.165, 1.54) is 4.90 Å². The molecule has 146 valence electrons. The van der Waals surface area contributed by atoms with Crippen LogP contribution in [0.1, 0.15) is 37.7 Å². The largest absolute Gasteiger partial charge is 0.338 e. The second-order valence-electron chi connectivity index (χ2n) is 7.25. The molecule has 1 heterocycles. The first kappa shape index (κ1) is 19.5. The minimum absolute atomic E-state index is 0.116. The third-order valence-electron chi connectivity index (χ3n) is 5.19. The second kappa shape index (κ2) is 8.17. The van der Waals surface area contributed by atoms with Crippen LogP contribution in [0.4, 0.5) is 9.59 Å². The Balaban J connectivity index is 1.41. The monoisotopic (exact) mass is 392 g/mol. The van der Waals surface area contributed by atoms with Crippen molar-refractivity contribution in [1.82, 2.24) is 20.4 Å². The lowest BCUT2D eigenvalue weighted by atomic mass is 9.98. The van der Waals surface area contributed by atoms with Gasteiger partial charge in [0.05, 0.1) is 0 Å². The van der Waals surface area contributed by atoms with Gasteiger partial charge in [-0.15, -0.1) is 0 Å². The molecule has 1 saturated heterocycles. The molecule has 1 aliphatic heterocycles. The molecule has 2 aliphatic rings. The van der Waals surface area contributed by atoms with Crippen molar-refractivity contribution in [2.24, 2.45) is 0 Å². The first-order chi connectivity index (χ1) is 12.9. The van der Waals surface area contributed by atoms with Crippen molar-refractivity contribution < 1.29 is 14.4 Å². The number of carbonyl (C=O) groups is 3. The Morgan fingerprint density at radius 3 is 2.78 bits per heavy atom. The molecule has 8 heteroatoms. The van der Waals surface area contributed by atoms with Crippen LogP contribution in [-0.4, -0.2) is 53.4 Å². The zero-order chi connectivity index (χ0) is 19.4. The van der Waals surface area contributed by atoms with Gasteiger partial charge < -0.3 is 15.5 Å². The Labute approximate surface area is 164 Å². The molecule has 0 bridgehead atoms. The number of imide groups is 1. The maximum atomic E-state index is 12.5. The number of halogens is 1. The van der Waals surface area contributed by atoms with E-state index < -0.39 is 5.54 Å². The summed E-state index contributed by atoms with van der Waals surface area (Å²) >= 11 is 5.96. The zero-order valence-electron chi connectivity index (χ0n) is 15.5. The zero-order valence-corrected chi connectivity index (χ0v) is 16.2. The van der Waals surface area contributed by atoms with E-state index in [4.69, 9.17) is 11.6 Å². The SMILES string of the molecule is CN(Cc1cccc(Cl)c1)C(=O)NCCCN1C(=O)NC2(CCCC2)C1=O. The lowest BCUT2D eigenvalue weighted by Gasteiger charge is -2.20. The van der Waals surface area contributed by atoms with E-state index in [0.29, 0.717) is 31.1 Å². The third-order valence-corrected chi connectivity index (χ3v) is 5.43. The third kappa shape index (κ3) is 4.35. The van der Waals surface area contributed by atoms with Crippen LogP contribution in [0.3, 0.4) is 0 Å². The van der Waals surface area contributed by atoms with Gasteiger partial charge in [-0.05, 0) is 37.0 Å². The van der Waals surface area contributed by atoms with Crippen LogP contribution in [0.5, 0.6) is 0 Å². The Hall–Kier alpha value is -2.28. The van der Waals surface area contributed by atoms with Crippen molar-refractivity contribution in [2.75, 3.05) is 20.1 Å². The molecule has 27 heavy (non-hydrogen) atoms. The summed E-state index contributed by atoms with van der Waals surface area (Å²) in [5.74, 6) is -0.116. The fourth-order valence-electron chi connectivity index (χ4n) is 3.75. The first-order valence-corrected chi connectivity index (χ1v) is 9.67. The number of nitrogens with one attached hydrogen (secondary N) is 2. The highest BCUT2D eigenvalue weighted by Crippen LogP contribution is 2.34. The molecule has 0 aromatic heterocycles. The highest BCUT2D eigenvalue weighted by atomic mass is 35.5. The lowest BCUT2D eigenvalue weighted by molar-refractivity contribution is -0.131. The molecule has 3 rings (SSSR count). The van der Waals surface area contributed by atoms with Gasteiger partial charge in [0.1, 0.15) is 5.54 Å². The summed E-state index contributed by atoms with van der Waals surface area (Å²) in [6, 6.07) is 6.84. The summed E-state index contributed by atoms with van der Waals surface area (Å²) < 4.78 is 0. The fraction of sp³-hybridized carbons (Fsp3) is 0.526. The topological polar surface area (TPSA) is 81.8 Å². The smallest absolute Gasteiger partial charge is 0.325 e. The van der Waals surface area contributed by atoms with Crippen LogP contribution in [0.15, 0.2) is 24.3 Å². The summed E-state index contributed by atoms with van der Waals surface area (Å²) in [6.07, 6.45) is 3.90. The van der Waals surface area contributed by atoms with E-state index >= 15 is 0 Å². The van der Waals surface area contributed by atoms with Gasteiger partial charge in [0.2, 0.25) is 0 Å². The quantitative estimate of drug-likeness (QED) is 0.577. The molecule has 5 amide bonds. The Kier molecular flexibility index (Phi) is 5.89. The lowest BCUT2D eigenvalue weighted by Crippen LogP contribution is -2.44. The van der Waals surface area contributed by atoms with Crippen molar-refractivity contribution in [2.45, 2.75) is 44.2 Å². The van der Waals surface area contributed by atoms with Crippen molar-refractivity contribution in [3.05, 3.63) is 34.9 Å². The van der Waals surface area contributed by atoms with E-state index in [9.17, 15) is 14.4 Å². The van der Waals surface area contributed by atoms with Gasteiger partial charge in [-0.3, -0.25) is 9.69 Å². The summed E-state index contributed by atoms with van der Waals surface area (Å²) in [7, 11) is 1.71. The molecule has 2 N–H and O–H groups in total. The Morgan fingerprint density at radius 2 is 2.07 bits per heavy atom. The predicted molar refractivity (Wildman–Crippen MR) is 102 cm³/mol. The molecule has 1 aromatic rings. The number of carbonyl (C=O) groups excluding carboxylic acids is 3. The number of rotatable bonds is 6. The van der Waals surface area contributed by atoms with Crippen molar-refractivity contribution in [1.29, 1.82) is 0 Å². The highest BCUT2D eigenvalue weighted by molar-refractivity contribution is 6.30. The minimum atomic E-state index is -0.669. The van der Waals surface area contributed by atoms with Crippen LogP contribution in [0, 0.1) is 0 Å². The number of nitrogens with zero attached hydrogens (tertiary/aromatic N) is 2. The van der Waals surface area contributed by atoms with Crippen molar-refractivity contribution >= 4 is 29.6 Å². The van der Waals surface area contributed by atoms with Crippen LogP contribution in [0.25, 0.3) is 0 Å². The van der Waals surface area contributed by atoms with E-state index in [1.54, 1.807) is 18.0 Å². The van der Waals surface area contributed by atoms with Gasteiger partial charge in [0, 0.05) is 31.7 Å². The molecule has 1 aliphatic carbocycles. The number of benzene rings is 1. The predicted octanol–water partition coefficient (Wildman–Crippen LogP) is 2.74. The maximum Gasteiger partial charge on any atom is 0.325 e. The maximum absolute atomic E-state index is 12.5. The van der Waals surface area contributed by atoms with Gasteiger partial charge in [0.25, 0.3) is 5.91 Å². The molecular weight excluding hydrogens is 368 g/mol. The van der Waals surface area contributed by atoms with Gasteiger partial charge in [-0.25, -0.2) is 9.59 Å². The average molecular weight is 393 g/mol. The second-order valence-corrected chi connectivity index (χ2v) is 7.68. The van der Waals surface area contributed by atoms with Crippen LogP contribution in [0.2, 0.25) is 5.02 Å². The van der Waals surface area contributed by atoms with Crippen LogP contribution < -0.4 is 10.6 Å². The number of amides is 5. The van der Waals surface area contributed by atoms with Gasteiger partial charge in [-0.1, -0.05) is 36.6 Å². The van der Waals surface area contributed by atoms with Crippen molar-refractivity contribution in [3.8, 4) is 0 Å². The van der Waals surface area contributed by atoms with Gasteiger partial charge in [0.15, 0.2) is 0 Å². The van der Waals surface area contributed by atoms with E-state index in [-0.39, 0.29) is 18.0 Å². The Bertz CT molecular complexity index is 733. The fourth-order valence-corrected chi connectivity index (χ4v) is 3.96. The standard InChI is InChI=1S/C19H25ClN4O3/c1-23(13-14-6-4-7-15(20)12-14)17(26)21-10-5-11-24-16(25)19(22-18(24)27)8-2-3-9-19/h4,6-7,12H,2-3,5,8-11,13H2,1H3,(H,21,26)(H,22,27). The van der Waals surface area contributed by atoms with E-state index in [0.717, 1.165) is 31.2 Å². The molecule has 0 atom stereocenters. The normalized spacial score (nSPS) is 18.1. The molecular formula is C19H25ClN4O3. The summed E-state index contributed by atoms with van der Waals surface area (Å²) in [5, 5.41) is 6.31. The highest BCUT2D eigenvalue weighted by Gasteiger charge is 2.51. The van der Waals surface area contributed by atoms with Gasteiger partial charge in [-0.2, -0.15) is 0 Å².